The first kappa shape index (κ1) is 15.6. The van der Waals surface area contributed by atoms with E-state index in [4.69, 9.17) is 26.8 Å². The van der Waals surface area contributed by atoms with Crippen LogP contribution in [0.2, 0.25) is 5.02 Å². The van der Waals surface area contributed by atoms with Crippen molar-refractivity contribution in [3.05, 3.63) is 58.4 Å². The van der Waals surface area contributed by atoms with E-state index >= 15 is 0 Å². The van der Waals surface area contributed by atoms with E-state index in [-0.39, 0.29) is 17.7 Å². The lowest BCUT2D eigenvalue weighted by Crippen LogP contribution is -2.06. The third kappa shape index (κ3) is 3.65. The summed E-state index contributed by atoms with van der Waals surface area (Å²) in [5.41, 5.74) is 7.36. The Morgan fingerprint density at radius 1 is 1.24 bits per heavy atom. The lowest BCUT2D eigenvalue weighted by atomic mass is 10.1. The molecule has 3 nitrogen and oxygen atoms in total. The second-order valence-electron chi connectivity index (χ2n) is 4.70. The summed E-state index contributed by atoms with van der Waals surface area (Å²) in [5.74, 6) is 0.677. The van der Waals surface area contributed by atoms with Gasteiger partial charge in [0.15, 0.2) is 11.5 Å². The minimum Gasteiger partial charge on any atom is -0.493 e. The number of methoxy groups -OCH3 is 1. The van der Waals surface area contributed by atoms with Gasteiger partial charge in [-0.15, -0.1) is 0 Å². The molecule has 0 amide bonds. The van der Waals surface area contributed by atoms with E-state index in [0.717, 1.165) is 5.56 Å². The fraction of sp³-hybridized carbons (Fsp3) is 0.250. The molecular formula is C16H17ClFNO2. The van der Waals surface area contributed by atoms with Gasteiger partial charge in [-0.2, -0.15) is 0 Å². The molecule has 0 saturated heterocycles. The molecule has 21 heavy (non-hydrogen) atoms. The number of nitrogens with two attached hydrogens (primary N) is 1. The Hall–Kier alpha value is -1.78. The summed E-state index contributed by atoms with van der Waals surface area (Å²) in [7, 11) is 1.56. The van der Waals surface area contributed by atoms with Gasteiger partial charge >= 0.3 is 0 Å². The van der Waals surface area contributed by atoms with Crippen LogP contribution in [0.3, 0.4) is 0 Å². The van der Waals surface area contributed by atoms with Gasteiger partial charge in [0.25, 0.3) is 0 Å². The highest BCUT2D eigenvalue weighted by Crippen LogP contribution is 2.31. The summed E-state index contributed by atoms with van der Waals surface area (Å²) in [6.07, 6.45) is 0. The summed E-state index contributed by atoms with van der Waals surface area (Å²) in [6.45, 7) is 2.05. The Kier molecular flexibility index (Phi) is 5.04. The number of benzene rings is 2. The number of hydrogen-bond donors (Lipinski definition) is 1. The molecule has 0 aliphatic heterocycles. The van der Waals surface area contributed by atoms with E-state index in [1.807, 2.05) is 19.1 Å². The molecule has 2 rings (SSSR count). The summed E-state index contributed by atoms with van der Waals surface area (Å²) in [4.78, 5) is 0. The third-order valence-corrected chi connectivity index (χ3v) is 3.55. The molecule has 0 heterocycles. The lowest BCUT2D eigenvalue weighted by molar-refractivity contribution is 0.284. The molecule has 0 aromatic heterocycles. The van der Waals surface area contributed by atoms with Crippen LogP contribution in [0.1, 0.15) is 24.1 Å². The van der Waals surface area contributed by atoms with Crippen LogP contribution in [-0.2, 0) is 6.61 Å². The monoisotopic (exact) mass is 309 g/mol. The number of ether oxygens (including phenoxy) is 2. The van der Waals surface area contributed by atoms with E-state index in [1.54, 1.807) is 25.3 Å². The zero-order chi connectivity index (χ0) is 15.4. The van der Waals surface area contributed by atoms with E-state index in [9.17, 15) is 4.39 Å². The van der Waals surface area contributed by atoms with Crippen LogP contribution >= 0.6 is 11.6 Å². The Labute approximate surface area is 128 Å². The molecule has 0 aliphatic rings. The second-order valence-corrected chi connectivity index (χ2v) is 5.08. The quantitative estimate of drug-likeness (QED) is 0.905. The Morgan fingerprint density at radius 2 is 2.00 bits per heavy atom. The highest BCUT2D eigenvalue weighted by molar-refractivity contribution is 6.31. The molecule has 112 valence electrons. The minimum absolute atomic E-state index is 0.0728. The molecule has 2 aromatic carbocycles. The van der Waals surface area contributed by atoms with Crippen molar-refractivity contribution < 1.29 is 13.9 Å². The summed E-state index contributed by atoms with van der Waals surface area (Å²) >= 11 is 5.90. The first-order valence-corrected chi connectivity index (χ1v) is 6.90. The maximum absolute atomic E-state index is 13.4. The topological polar surface area (TPSA) is 44.5 Å². The van der Waals surface area contributed by atoms with Crippen LogP contribution in [0.15, 0.2) is 36.4 Å². The molecule has 2 N–H and O–H groups in total. The maximum atomic E-state index is 13.4. The van der Waals surface area contributed by atoms with Crippen molar-refractivity contribution in [2.75, 3.05) is 7.11 Å². The SMILES string of the molecule is COc1cc(C(C)N)ccc1OCc1cccc(F)c1Cl. The van der Waals surface area contributed by atoms with Crippen molar-refractivity contribution in [3.8, 4) is 11.5 Å². The van der Waals surface area contributed by atoms with E-state index in [2.05, 4.69) is 0 Å². The van der Waals surface area contributed by atoms with E-state index in [0.29, 0.717) is 17.1 Å². The van der Waals surface area contributed by atoms with E-state index < -0.39 is 5.82 Å². The van der Waals surface area contributed by atoms with Gasteiger partial charge in [-0.3, -0.25) is 0 Å². The molecule has 0 aliphatic carbocycles. The highest BCUT2D eigenvalue weighted by atomic mass is 35.5. The maximum Gasteiger partial charge on any atom is 0.161 e. The highest BCUT2D eigenvalue weighted by Gasteiger charge is 2.10. The Balaban J connectivity index is 2.18. The van der Waals surface area contributed by atoms with Crippen LogP contribution in [0, 0.1) is 5.82 Å². The zero-order valence-electron chi connectivity index (χ0n) is 11.9. The fourth-order valence-electron chi connectivity index (χ4n) is 1.90. The van der Waals surface area contributed by atoms with Crippen molar-refractivity contribution in [2.24, 2.45) is 5.73 Å². The van der Waals surface area contributed by atoms with Gasteiger partial charge in [-0.25, -0.2) is 4.39 Å². The van der Waals surface area contributed by atoms with Gasteiger partial charge in [0.1, 0.15) is 12.4 Å². The molecule has 1 unspecified atom stereocenters. The molecule has 1 atom stereocenters. The smallest absolute Gasteiger partial charge is 0.161 e. The molecule has 2 aromatic rings. The first-order chi connectivity index (χ1) is 10.0. The first-order valence-electron chi connectivity index (χ1n) is 6.52. The summed E-state index contributed by atoms with van der Waals surface area (Å²) < 4.78 is 24.3. The van der Waals surface area contributed by atoms with Crippen molar-refractivity contribution in [3.63, 3.8) is 0 Å². The van der Waals surface area contributed by atoms with Crippen LogP contribution in [-0.4, -0.2) is 7.11 Å². The molecule has 0 radical (unpaired) electrons. The van der Waals surface area contributed by atoms with Gasteiger partial charge in [0.2, 0.25) is 0 Å². The number of hydrogen-bond acceptors (Lipinski definition) is 3. The van der Waals surface area contributed by atoms with Crippen LogP contribution in [0.5, 0.6) is 11.5 Å². The normalized spacial score (nSPS) is 12.0. The lowest BCUT2D eigenvalue weighted by Gasteiger charge is -2.14. The molecule has 0 saturated carbocycles. The Bertz CT molecular complexity index is 632. The Morgan fingerprint density at radius 3 is 2.67 bits per heavy atom. The van der Waals surface area contributed by atoms with E-state index in [1.165, 1.54) is 6.07 Å². The van der Waals surface area contributed by atoms with Gasteiger partial charge in [0, 0.05) is 11.6 Å². The van der Waals surface area contributed by atoms with Gasteiger partial charge < -0.3 is 15.2 Å². The molecule has 5 heteroatoms. The largest absolute Gasteiger partial charge is 0.493 e. The molecule has 0 bridgehead atoms. The predicted octanol–water partition coefficient (Wildman–Crippen LogP) is 4.09. The summed E-state index contributed by atoms with van der Waals surface area (Å²) in [6, 6.07) is 10.0. The standard InChI is InChI=1S/C16H17ClFNO2/c1-10(19)11-6-7-14(15(8-11)20-2)21-9-12-4-3-5-13(18)16(12)17/h3-8,10H,9,19H2,1-2H3. The van der Waals surface area contributed by atoms with Crippen LogP contribution in [0.25, 0.3) is 0 Å². The average Bonchev–Trinajstić information content (AvgIpc) is 2.48. The van der Waals surface area contributed by atoms with Crippen LogP contribution in [0.4, 0.5) is 4.39 Å². The number of halogens is 2. The molecule has 0 spiro atoms. The summed E-state index contributed by atoms with van der Waals surface area (Å²) in [5, 5.41) is 0.0728. The van der Waals surface area contributed by atoms with Gasteiger partial charge in [-0.05, 0) is 30.7 Å². The van der Waals surface area contributed by atoms with Gasteiger partial charge in [0.05, 0.1) is 12.1 Å². The number of rotatable bonds is 5. The molecular weight excluding hydrogens is 293 g/mol. The molecule has 0 fully saturated rings. The predicted molar refractivity (Wildman–Crippen MR) is 81.3 cm³/mol. The fourth-order valence-corrected chi connectivity index (χ4v) is 2.08. The van der Waals surface area contributed by atoms with Crippen molar-refractivity contribution in [1.82, 2.24) is 0 Å². The second kappa shape index (κ2) is 6.78. The minimum atomic E-state index is -0.461. The zero-order valence-corrected chi connectivity index (χ0v) is 12.7. The van der Waals surface area contributed by atoms with Crippen molar-refractivity contribution in [2.45, 2.75) is 19.6 Å². The van der Waals surface area contributed by atoms with Crippen molar-refractivity contribution in [1.29, 1.82) is 0 Å². The average molecular weight is 310 g/mol. The van der Waals surface area contributed by atoms with Crippen LogP contribution < -0.4 is 15.2 Å². The van der Waals surface area contributed by atoms with Crippen molar-refractivity contribution >= 4 is 11.6 Å². The van der Waals surface area contributed by atoms with Gasteiger partial charge in [-0.1, -0.05) is 29.8 Å². The third-order valence-electron chi connectivity index (χ3n) is 3.13.